The van der Waals surface area contributed by atoms with Crippen molar-refractivity contribution in [3.63, 3.8) is 0 Å². The predicted octanol–water partition coefficient (Wildman–Crippen LogP) is 7.08. The zero-order valence-corrected chi connectivity index (χ0v) is 15.5. The fraction of sp³-hybridized carbons (Fsp3) is 1.00. The third-order valence-electron chi connectivity index (χ3n) is 8.03. The smallest absolute Gasteiger partial charge is 0.0354 e. The van der Waals surface area contributed by atoms with Gasteiger partial charge in [-0.25, -0.2) is 0 Å². The van der Waals surface area contributed by atoms with E-state index in [0.717, 1.165) is 41.4 Å². The largest absolute Gasteiger partial charge is 0.0654 e. The molecule has 0 bridgehead atoms. The van der Waals surface area contributed by atoms with Crippen LogP contribution < -0.4 is 0 Å². The van der Waals surface area contributed by atoms with Gasteiger partial charge in [0, 0.05) is 0 Å². The Labute approximate surface area is 139 Å². The Morgan fingerprint density at radius 2 is 1.59 bits per heavy atom. The summed E-state index contributed by atoms with van der Waals surface area (Å²) in [5.41, 5.74) is 0. The van der Waals surface area contributed by atoms with Gasteiger partial charge in [-0.1, -0.05) is 72.1 Å². The molecule has 0 aliphatic heterocycles. The zero-order valence-electron chi connectivity index (χ0n) is 15.5. The maximum atomic E-state index is 2.52. The Hall–Kier alpha value is 0. The standard InChI is InChI=1S/C22H40/c1-4-9-18-12-20(17-10-7-6-8-11-17)14-21-13-19(15-22(18)21)16(3)5-2/h16-22H,4-15H2,1-3H3/t16-,18+,19-,20-,21-,22+/m1/s1. The SMILES string of the molecule is CCC[C@H]1C[C@@H](C2CCCCC2)C[C@H]2C[C@@H]([C@H](C)CC)C[C@@H]12. The third kappa shape index (κ3) is 3.57. The average Bonchev–Trinajstić information content (AvgIpc) is 2.99. The van der Waals surface area contributed by atoms with Gasteiger partial charge >= 0.3 is 0 Å². The van der Waals surface area contributed by atoms with Gasteiger partial charge < -0.3 is 0 Å². The first kappa shape index (κ1) is 16.8. The van der Waals surface area contributed by atoms with E-state index in [4.69, 9.17) is 0 Å². The molecule has 0 aromatic carbocycles. The molecule has 0 spiro atoms. The first-order valence-electron chi connectivity index (χ1n) is 10.7. The van der Waals surface area contributed by atoms with Crippen molar-refractivity contribution in [3.8, 4) is 0 Å². The molecule has 0 radical (unpaired) electrons. The van der Waals surface area contributed by atoms with E-state index >= 15 is 0 Å². The minimum atomic E-state index is 0.973. The number of hydrogen-bond acceptors (Lipinski definition) is 0. The Morgan fingerprint density at radius 3 is 2.27 bits per heavy atom. The highest BCUT2D eigenvalue weighted by Gasteiger charge is 2.45. The van der Waals surface area contributed by atoms with Crippen molar-refractivity contribution in [3.05, 3.63) is 0 Å². The molecule has 0 nitrogen and oxygen atoms in total. The highest BCUT2D eigenvalue weighted by atomic mass is 14.5. The summed E-state index contributed by atoms with van der Waals surface area (Å²) in [6, 6.07) is 0. The van der Waals surface area contributed by atoms with Crippen LogP contribution in [0.3, 0.4) is 0 Å². The zero-order chi connectivity index (χ0) is 15.5. The first-order chi connectivity index (χ1) is 10.7. The summed E-state index contributed by atoms with van der Waals surface area (Å²) in [5.74, 6) is 7.55. The molecule has 22 heavy (non-hydrogen) atoms. The van der Waals surface area contributed by atoms with Gasteiger partial charge in [0.25, 0.3) is 0 Å². The van der Waals surface area contributed by atoms with Crippen LogP contribution in [0.25, 0.3) is 0 Å². The summed E-state index contributed by atoms with van der Waals surface area (Å²) in [6.07, 6.45) is 18.4. The van der Waals surface area contributed by atoms with Gasteiger partial charge in [0.1, 0.15) is 0 Å². The van der Waals surface area contributed by atoms with Crippen molar-refractivity contribution in [2.45, 2.75) is 97.8 Å². The third-order valence-corrected chi connectivity index (χ3v) is 8.03. The lowest BCUT2D eigenvalue weighted by atomic mass is 9.63. The van der Waals surface area contributed by atoms with E-state index in [-0.39, 0.29) is 0 Å². The second kappa shape index (κ2) is 7.71. The van der Waals surface area contributed by atoms with Gasteiger partial charge in [-0.05, 0) is 67.1 Å². The number of rotatable bonds is 5. The minimum absolute atomic E-state index is 0.973. The Morgan fingerprint density at radius 1 is 0.818 bits per heavy atom. The van der Waals surface area contributed by atoms with Gasteiger partial charge in [-0.15, -0.1) is 0 Å². The molecular weight excluding hydrogens is 264 g/mol. The van der Waals surface area contributed by atoms with E-state index in [0.29, 0.717) is 0 Å². The molecule has 0 heterocycles. The van der Waals surface area contributed by atoms with Crippen LogP contribution in [-0.4, -0.2) is 0 Å². The van der Waals surface area contributed by atoms with Crippen LogP contribution in [0.15, 0.2) is 0 Å². The summed E-state index contributed by atoms with van der Waals surface area (Å²) in [4.78, 5) is 0. The molecule has 3 aliphatic carbocycles. The van der Waals surface area contributed by atoms with Crippen LogP contribution in [0.5, 0.6) is 0 Å². The minimum Gasteiger partial charge on any atom is -0.0654 e. The molecule has 0 saturated heterocycles. The molecule has 3 saturated carbocycles. The Bertz CT molecular complexity index is 327. The van der Waals surface area contributed by atoms with Gasteiger partial charge in [0.2, 0.25) is 0 Å². The Balaban J connectivity index is 1.67. The van der Waals surface area contributed by atoms with Crippen LogP contribution in [-0.2, 0) is 0 Å². The maximum Gasteiger partial charge on any atom is -0.0354 e. The molecule has 0 unspecified atom stereocenters. The van der Waals surface area contributed by atoms with E-state index in [1.54, 1.807) is 38.5 Å². The van der Waals surface area contributed by atoms with Crippen LogP contribution in [0, 0.1) is 41.4 Å². The normalized spacial score (nSPS) is 41.3. The molecule has 3 fully saturated rings. The molecule has 0 aromatic rings. The summed E-state index contributed by atoms with van der Waals surface area (Å²) < 4.78 is 0. The summed E-state index contributed by atoms with van der Waals surface area (Å²) >= 11 is 0. The van der Waals surface area contributed by atoms with Gasteiger partial charge in [-0.3, -0.25) is 0 Å². The quantitative estimate of drug-likeness (QED) is 0.509. The lowest BCUT2D eigenvalue weighted by Crippen LogP contribution is -2.33. The summed E-state index contributed by atoms with van der Waals surface area (Å²) in [5, 5.41) is 0. The molecule has 3 aliphatic rings. The van der Waals surface area contributed by atoms with Crippen LogP contribution in [0.2, 0.25) is 0 Å². The maximum absolute atomic E-state index is 2.52. The van der Waals surface area contributed by atoms with Gasteiger partial charge in [-0.2, -0.15) is 0 Å². The van der Waals surface area contributed by atoms with Crippen LogP contribution >= 0.6 is 0 Å². The monoisotopic (exact) mass is 304 g/mol. The topological polar surface area (TPSA) is 0 Å². The summed E-state index contributed by atoms with van der Waals surface area (Å²) in [7, 11) is 0. The van der Waals surface area contributed by atoms with Crippen molar-refractivity contribution < 1.29 is 0 Å². The van der Waals surface area contributed by atoms with E-state index in [2.05, 4.69) is 20.8 Å². The van der Waals surface area contributed by atoms with Gasteiger partial charge in [0.05, 0.1) is 0 Å². The molecule has 0 aromatic heterocycles. The van der Waals surface area contributed by atoms with Crippen molar-refractivity contribution in [1.29, 1.82) is 0 Å². The van der Waals surface area contributed by atoms with Crippen molar-refractivity contribution in [2.24, 2.45) is 41.4 Å². The lowest BCUT2D eigenvalue weighted by Gasteiger charge is -2.43. The fourth-order valence-electron chi connectivity index (χ4n) is 6.59. The molecule has 6 atom stereocenters. The molecule has 0 heteroatoms. The van der Waals surface area contributed by atoms with E-state index in [1.807, 2.05) is 0 Å². The van der Waals surface area contributed by atoms with E-state index < -0.39 is 0 Å². The average molecular weight is 305 g/mol. The molecular formula is C22H40. The second-order valence-corrected chi connectivity index (χ2v) is 9.22. The lowest BCUT2D eigenvalue weighted by molar-refractivity contribution is 0.0737. The van der Waals surface area contributed by atoms with Gasteiger partial charge in [0.15, 0.2) is 0 Å². The van der Waals surface area contributed by atoms with Crippen molar-refractivity contribution in [2.75, 3.05) is 0 Å². The fourth-order valence-corrected chi connectivity index (χ4v) is 6.59. The number of fused-ring (bicyclic) bond motifs is 1. The second-order valence-electron chi connectivity index (χ2n) is 9.22. The highest BCUT2D eigenvalue weighted by Crippen LogP contribution is 2.55. The molecule has 0 N–H and O–H groups in total. The van der Waals surface area contributed by atoms with Crippen LogP contribution in [0.4, 0.5) is 0 Å². The molecule has 0 amide bonds. The molecule has 3 rings (SSSR count). The summed E-state index contributed by atoms with van der Waals surface area (Å²) in [6.45, 7) is 7.34. The van der Waals surface area contributed by atoms with Crippen molar-refractivity contribution >= 4 is 0 Å². The highest BCUT2D eigenvalue weighted by molar-refractivity contribution is 4.95. The van der Waals surface area contributed by atoms with Crippen molar-refractivity contribution in [1.82, 2.24) is 0 Å². The van der Waals surface area contributed by atoms with E-state index in [1.165, 1.54) is 38.5 Å². The first-order valence-corrected chi connectivity index (χ1v) is 10.7. The van der Waals surface area contributed by atoms with E-state index in [9.17, 15) is 0 Å². The van der Waals surface area contributed by atoms with Crippen LogP contribution in [0.1, 0.15) is 97.8 Å². The predicted molar refractivity (Wildman–Crippen MR) is 96.9 cm³/mol. The Kier molecular flexibility index (Phi) is 5.91. The molecule has 128 valence electrons. The number of hydrogen-bond donors (Lipinski definition) is 0.